The molecule has 4 N–H and O–H groups in total. The molecule has 0 radical (unpaired) electrons. The van der Waals surface area contributed by atoms with Gasteiger partial charge >= 0.3 is 0 Å². The zero-order valence-electron chi connectivity index (χ0n) is 16.8. The molecule has 1 aromatic carbocycles. The Hall–Kier alpha value is -1.85. The molecule has 4 rings (SSSR count). The van der Waals surface area contributed by atoms with Crippen molar-refractivity contribution in [3.63, 3.8) is 0 Å². The summed E-state index contributed by atoms with van der Waals surface area (Å²) in [5, 5.41) is 11.4. The summed E-state index contributed by atoms with van der Waals surface area (Å²) in [5.41, 5.74) is 2.48. The first-order valence-electron chi connectivity index (χ1n) is 11.1. The van der Waals surface area contributed by atoms with Crippen LogP contribution in [0.3, 0.4) is 0 Å². The highest BCUT2D eigenvalue weighted by Crippen LogP contribution is 2.37. The highest BCUT2D eigenvalue weighted by atomic mass is 16.1. The number of rotatable bonds is 7. The molecule has 5 nitrogen and oxygen atoms in total. The van der Waals surface area contributed by atoms with Crippen molar-refractivity contribution < 1.29 is 4.79 Å². The molecule has 2 aliphatic rings. The van der Waals surface area contributed by atoms with Crippen LogP contribution in [0, 0.1) is 11.8 Å². The Morgan fingerprint density at radius 3 is 2.54 bits per heavy atom. The minimum atomic E-state index is 0.211. The van der Waals surface area contributed by atoms with Gasteiger partial charge in [-0.05, 0) is 87.7 Å². The molecule has 152 valence electrons. The number of hydrogen-bond acceptors (Lipinski definition) is 3. The molecule has 1 amide bonds. The number of piperidine rings is 2. The number of hydrogen-bond donors (Lipinski definition) is 4. The van der Waals surface area contributed by atoms with Crippen LogP contribution in [0.2, 0.25) is 0 Å². The lowest BCUT2D eigenvalue weighted by Crippen LogP contribution is -2.34. The Bertz CT molecular complexity index is 759. The summed E-state index contributed by atoms with van der Waals surface area (Å²) in [4.78, 5) is 16.2. The second-order valence-corrected chi connectivity index (χ2v) is 8.52. The van der Waals surface area contributed by atoms with E-state index in [2.05, 4.69) is 51.4 Å². The Kier molecular flexibility index (Phi) is 6.65. The largest absolute Gasteiger partial charge is 0.361 e. The van der Waals surface area contributed by atoms with Crippen molar-refractivity contribution in [3.8, 4) is 0 Å². The van der Waals surface area contributed by atoms with Gasteiger partial charge in [0.1, 0.15) is 0 Å². The second-order valence-electron chi connectivity index (χ2n) is 8.52. The maximum atomic E-state index is 12.8. The molecule has 5 heteroatoms. The summed E-state index contributed by atoms with van der Waals surface area (Å²) in [6.45, 7) is 5.17. The fourth-order valence-electron chi connectivity index (χ4n) is 5.04. The van der Waals surface area contributed by atoms with E-state index in [0.29, 0.717) is 12.3 Å². The van der Waals surface area contributed by atoms with Crippen molar-refractivity contribution >= 4 is 16.8 Å². The lowest BCUT2D eigenvalue weighted by molar-refractivity contribution is -0.121. The number of para-hydroxylation sites is 1. The predicted molar refractivity (Wildman–Crippen MR) is 114 cm³/mol. The molecule has 2 aromatic rings. The molecule has 0 aliphatic carbocycles. The van der Waals surface area contributed by atoms with E-state index in [1.807, 2.05) is 0 Å². The lowest BCUT2D eigenvalue weighted by Gasteiger charge is -2.30. The van der Waals surface area contributed by atoms with E-state index < -0.39 is 0 Å². The van der Waals surface area contributed by atoms with Crippen molar-refractivity contribution in [2.24, 2.45) is 11.8 Å². The molecule has 1 atom stereocenters. The third-order valence-corrected chi connectivity index (χ3v) is 6.71. The lowest BCUT2D eigenvalue weighted by atomic mass is 9.78. The number of benzene rings is 1. The van der Waals surface area contributed by atoms with Gasteiger partial charge in [0.2, 0.25) is 5.91 Å². The molecule has 0 bridgehead atoms. The second kappa shape index (κ2) is 9.57. The average Bonchev–Trinajstić information content (AvgIpc) is 3.17. The Labute approximate surface area is 168 Å². The van der Waals surface area contributed by atoms with Crippen molar-refractivity contribution in [2.75, 3.05) is 32.7 Å². The van der Waals surface area contributed by atoms with Gasteiger partial charge in [0, 0.05) is 30.1 Å². The molecule has 2 saturated heterocycles. The number of nitrogens with one attached hydrogen (secondary N) is 4. The van der Waals surface area contributed by atoms with E-state index in [-0.39, 0.29) is 11.8 Å². The molecule has 2 fully saturated rings. The van der Waals surface area contributed by atoms with Crippen molar-refractivity contribution in [3.05, 3.63) is 36.0 Å². The van der Waals surface area contributed by atoms with Crippen LogP contribution in [0.1, 0.15) is 50.0 Å². The highest BCUT2D eigenvalue weighted by Gasteiger charge is 2.29. The number of amides is 1. The maximum absolute atomic E-state index is 12.8. The number of fused-ring (bicyclic) bond motifs is 1. The normalized spacial score (nSPS) is 20.3. The fraction of sp³-hybridized carbons (Fsp3) is 0.609. The minimum Gasteiger partial charge on any atom is -0.361 e. The Morgan fingerprint density at radius 2 is 1.75 bits per heavy atom. The molecule has 0 spiro atoms. The molecular formula is C23H34N4O. The summed E-state index contributed by atoms with van der Waals surface area (Å²) in [7, 11) is 0. The molecule has 1 unspecified atom stereocenters. The molecule has 0 saturated carbocycles. The molecule has 3 heterocycles. The number of carbonyl (C=O) groups is 1. The van der Waals surface area contributed by atoms with Gasteiger partial charge in [0.25, 0.3) is 0 Å². The summed E-state index contributed by atoms with van der Waals surface area (Å²) >= 11 is 0. The molecule has 28 heavy (non-hydrogen) atoms. The fourth-order valence-corrected chi connectivity index (χ4v) is 5.04. The summed E-state index contributed by atoms with van der Waals surface area (Å²) in [6, 6.07) is 8.47. The first-order chi connectivity index (χ1) is 13.8. The van der Waals surface area contributed by atoms with Gasteiger partial charge in [0.15, 0.2) is 0 Å². The summed E-state index contributed by atoms with van der Waals surface area (Å²) in [5.74, 6) is 1.82. The summed E-state index contributed by atoms with van der Waals surface area (Å²) < 4.78 is 0. The zero-order chi connectivity index (χ0) is 19.2. The van der Waals surface area contributed by atoms with Gasteiger partial charge < -0.3 is 20.9 Å². The van der Waals surface area contributed by atoms with E-state index in [1.54, 1.807) is 0 Å². The molecule has 2 aliphatic heterocycles. The van der Waals surface area contributed by atoms with Crippen LogP contribution in [-0.2, 0) is 4.79 Å². The van der Waals surface area contributed by atoms with E-state index in [9.17, 15) is 4.79 Å². The first kappa shape index (κ1) is 19.5. The van der Waals surface area contributed by atoms with Gasteiger partial charge in [-0.15, -0.1) is 0 Å². The van der Waals surface area contributed by atoms with E-state index in [0.717, 1.165) is 57.9 Å². The number of aromatic amines is 1. The first-order valence-corrected chi connectivity index (χ1v) is 11.1. The zero-order valence-corrected chi connectivity index (χ0v) is 16.8. The van der Waals surface area contributed by atoms with Crippen LogP contribution in [0.5, 0.6) is 0 Å². The van der Waals surface area contributed by atoms with Gasteiger partial charge in [-0.25, -0.2) is 0 Å². The quantitative estimate of drug-likeness (QED) is 0.595. The van der Waals surface area contributed by atoms with Crippen molar-refractivity contribution in [2.45, 2.75) is 44.4 Å². The van der Waals surface area contributed by atoms with Gasteiger partial charge in [0.05, 0.1) is 0 Å². The monoisotopic (exact) mass is 382 g/mol. The van der Waals surface area contributed by atoms with E-state index in [4.69, 9.17) is 0 Å². The topological polar surface area (TPSA) is 69.0 Å². The van der Waals surface area contributed by atoms with Crippen LogP contribution in [-0.4, -0.2) is 43.6 Å². The van der Waals surface area contributed by atoms with Crippen molar-refractivity contribution in [1.29, 1.82) is 0 Å². The van der Waals surface area contributed by atoms with Crippen LogP contribution in [0.25, 0.3) is 10.9 Å². The van der Waals surface area contributed by atoms with Crippen LogP contribution >= 0.6 is 0 Å². The third-order valence-electron chi connectivity index (χ3n) is 6.71. The highest BCUT2D eigenvalue weighted by molar-refractivity contribution is 5.85. The standard InChI is InChI=1S/C23H34N4O/c28-23(26-14-7-17-5-10-24-11-6-17)15-20(18-8-12-25-13-9-18)21-16-27-22-4-2-1-3-19(21)22/h1-4,16-18,20,24-25,27H,5-15H2,(H,26,28). The van der Waals surface area contributed by atoms with Gasteiger partial charge in [-0.1, -0.05) is 18.2 Å². The van der Waals surface area contributed by atoms with Crippen molar-refractivity contribution in [1.82, 2.24) is 20.9 Å². The van der Waals surface area contributed by atoms with Gasteiger partial charge in [-0.2, -0.15) is 0 Å². The smallest absolute Gasteiger partial charge is 0.220 e. The molecule has 1 aromatic heterocycles. The van der Waals surface area contributed by atoms with E-state index >= 15 is 0 Å². The number of carbonyl (C=O) groups excluding carboxylic acids is 1. The van der Waals surface area contributed by atoms with Gasteiger partial charge in [-0.3, -0.25) is 4.79 Å². The molecular weight excluding hydrogens is 348 g/mol. The third kappa shape index (κ3) is 4.76. The van der Waals surface area contributed by atoms with Crippen LogP contribution in [0.15, 0.2) is 30.5 Å². The SMILES string of the molecule is O=C(CC(c1c[nH]c2ccccc12)C1CCNCC1)NCCC1CCNCC1. The number of H-pyrrole nitrogens is 1. The summed E-state index contributed by atoms with van der Waals surface area (Å²) in [6.07, 6.45) is 8.61. The predicted octanol–water partition coefficient (Wildman–Crippen LogP) is 3.15. The Balaban J connectivity index is 1.41. The number of aromatic nitrogens is 1. The Morgan fingerprint density at radius 1 is 1.04 bits per heavy atom. The van der Waals surface area contributed by atoms with E-state index in [1.165, 1.54) is 29.3 Å². The minimum absolute atomic E-state index is 0.211. The van der Waals surface area contributed by atoms with Crippen LogP contribution < -0.4 is 16.0 Å². The average molecular weight is 383 g/mol. The van der Waals surface area contributed by atoms with Crippen LogP contribution in [0.4, 0.5) is 0 Å². The maximum Gasteiger partial charge on any atom is 0.220 e.